The van der Waals surface area contributed by atoms with Crippen LogP contribution in [0.2, 0.25) is 0 Å². The van der Waals surface area contributed by atoms with Gasteiger partial charge in [-0.25, -0.2) is 4.79 Å². The Morgan fingerprint density at radius 3 is 2.33 bits per heavy atom. The van der Waals surface area contributed by atoms with Crippen LogP contribution in [-0.2, 0) is 15.1 Å². The van der Waals surface area contributed by atoms with Gasteiger partial charge in [-0.2, -0.15) is 0 Å². The highest BCUT2D eigenvalue weighted by Crippen LogP contribution is 2.28. The van der Waals surface area contributed by atoms with Gasteiger partial charge in [-0.15, -0.1) is 0 Å². The first-order valence-electron chi connectivity index (χ1n) is 5.99. The number of aliphatic carboxylic acids is 1. The molecule has 1 aromatic rings. The third kappa shape index (κ3) is 2.53. The van der Waals surface area contributed by atoms with E-state index in [1.54, 1.807) is 19.1 Å². The summed E-state index contributed by atoms with van der Waals surface area (Å²) in [6.07, 6.45) is 1.32. The molecule has 0 heterocycles. The number of rotatable bonds is 6. The van der Waals surface area contributed by atoms with Gasteiger partial charge in [0.15, 0.2) is 5.54 Å². The van der Waals surface area contributed by atoms with Gasteiger partial charge in [0.1, 0.15) is 0 Å². The zero-order chi connectivity index (χ0) is 13.8. The Morgan fingerprint density at radius 2 is 1.94 bits per heavy atom. The Hall–Kier alpha value is -1.84. The average molecular weight is 249 g/mol. The van der Waals surface area contributed by atoms with Crippen molar-refractivity contribution in [2.24, 2.45) is 0 Å². The minimum Gasteiger partial charge on any atom is -0.479 e. The van der Waals surface area contributed by atoms with Gasteiger partial charge in [0.05, 0.1) is 0 Å². The molecule has 0 saturated carbocycles. The molecular weight excluding hydrogens is 230 g/mol. The third-order valence-electron chi connectivity index (χ3n) is 3.20. The van der Waals surface area contributed by atoms with E-state index < -0.39 is 11.5 Å². The van der Waals surface area contributed by atoms with Crippen LogP contribution in [0.3, 0.4) is 0 Å². The summed E-state index contributed by atoms with van der Waals surface area (Å²) in [7, 11) is 0. The Bertz CT molecular complexity index is 427. The maximum Gasteiger partial charge on any atom is 0.334 e. The van der Waals surface area contributed by atoms with Crippen LogP contribution in [0.1, 0.15) is 31.4 Å². The third-order valence-corrected chi connectivity index (χ3v) is 3.20. The van der Waals surface area contributed by atoms with Gasteiger partial charge in [-0.05, 0) is 25.8 Å². The number of benzene rings is 1. The maximum absolute atomic E-state index is 11.6. The van der Waals surface area contributed by atoms with Crippen LogP contribution in [-0.4, -0.2) is 28.9 Å². The van der Waals surface area contributed by atoms with Crippen LogP contribution in [0, 0.1) is 6.92 Å². The van der Waals surface area contributed by atoms with Crippen molar-refractivity contribution >= 4 is 12.4 Å². The van der Waals surface area contributed by atoms with Gasteiger partial charge in [0, 0.05) is 6.54 Å². The predicted molar refractivity (Wildman–Crippen MR) is 69.2 cm³/mol. The second kappa shape index (κ2) is 5.67. The van der Waals surface area contributed by atoms with Crippen molar-refractivity contribution in [3.05, 3.63) is 35.4 Å². The molecule has 0 bridgehead atoms. The summed E-state index contributed by atoms with van der Waals surface area (Å²) >= 11 is 0. The molecule has 1 unspecified atom stereocenters. The van der Waals surface area contributed by atoms with E-state index >= 15 is 0 Å². The molecule has 0 radical (unpaired) electrons. The summed E-state index contributed by atoms with van der Waals surface area (Å²) in [6.45, 7) is 5.82. The van der Waals surface area contributed by atoms with E-state index in [-0.39, 0.29) is 0 Å². The Labute approximate surface area is 107 Å². The van der Waals surface area contributed by atoms with E-state index in [1.165, 1.54) is 4.90 Å². The van der Waals surface area contributed by atoms with E-state index in [0.717, 1.165) is 5.56 Å². The number of carboxylic acid groups (broad SMARTS) is 1. The number of aryl methyl sites for hydroxylation is 1. The highest BCUT2D eigenvalue weighted by Gasteiger charge is 2.40. The fourth-order valence-corrected chi connectivity index (χ4v) is 1.91. The topological polar surface area (TPSA) is 57.6 Å². The molecule has 1 N–H and O–H groups in total. The summed E-state index contributed by atoms with van der Waals surface area (Å²) < 4.78 is 0. The first kappa shape index (κ1) is 14.2. The van der Waals surface area contributed by atoms with E-state index in [4.69, 9.17) is 0 Å². The molecule has 4 nitrogen and oxygen atoms in total. The fourth-order valence-electron chi connectivity index (χ4n) is 1.91. The van der Waals surface area contributed by atoms with E-state index in [1.807, 2.05) is 26.0 Å². The van der Waals surface area contributed by atoms with Gasteiger partial charge in [0.2, 0.25) is 6.41 Å². The number of carboxylic acids is 1. The van der Waals surface area contributed by atoms with Gasteiger partial charge in [-0.3, -0.25) is 4.79 Å². The molecule has 1 aromatic carbocycles. The van der Waals surface area contributed by atoms with Crippen LogP contribution >= 0.6 is 0 Å². The highest BCUT2D eigenvalue weighted by atomic mass is 16.4. The summed E-state index contributed by atoms with van der Waals surface area (Å²) in [6, 6.07) is 7.22. The molecule has 1 amide bonds. The van der Waals surface area contributed by atoms with Crippen molar-refractivity contribution in [1.29, 1.82) is 0 Å². The van der Waals surface area contributed by atoms with Crippen LogP contribution in [0.25, 0.3) is 0 Å². The molecular formula is C14H19NO3. The van der Waals surface area contributed by atoms with Gasteiger partial charge < -0.3 is 10.0 Å². The van der Waals surface area contributed by atoms with Gasteiger partial charge in [0.25, 0.3) is 0 Å². The normalized spacial score (nSPS) is 13.7. The lowest BCUT2D eigenvalue weighted by Gasteiger charge is -2.35. The summed E-state index contributed by atoms with van der Waals surface area (Å²) in [5, 5.41) is 9.48. The van der Waals surface area contributed by atoms with E-state index in [9.17, 15) is 14.7 Å². The lowest BCUT2D eigenvalue weighted by molar-refractivity contribution is -0.154. The SMILES string of the molecule is CCCN(C=O)C(C)(C(=O)O)c1ccc(C)cc1. The standard InChI is InChI=1S/C14H19NO3/c1-4-9-15(10-16)14(3,13(17)18)12-7-5-11(2)6-8-12/h5-8,10H,4,9H2,1-3H3,(H,17,18). The van der Waals surface area contributed by atoms with Crippen molar-refractivity contribution in [2.45, 2.75) is 32.7 Å². The molecule has 98 valence electrons. The lowest BCUT2D eigenvalue weighted by Crippen LogP contribution is -2.49. The molecule has 0 saturated heterocycles. The Kier molecular flexibility index (Phi) is 4.48. The number of carbonyl (C=O) groups is 2. The molecule has 1 rings (SSSR count). The monoisotopic (exact) mass is 249 g/mol. The van der Waals surface area contributed by atoms with Crippen LogP contribution in [0.5, 0.6) is 0 Å². The van der Waals surface area contributed by atoms with E-state index in [0.29, 0.717) is 24.9 Å². The zero-order valence-corrected chi connectivity index (χ0v) is 11.0. The van der Waals surface area contributed by atoms with Crippen molar-refractivity contribution in [3.8, 4) is 0 Å². The molecule has 0 aromatic heterocycles. The number of nitrogens with zero attached hydrogens (tertiary/aromatic N) is 1. The molecule has 0 aliphatic heterocycles. The smallest absolute Gasteiger partial charge is 0.334 e. The van der Waals surface area contributed by atoms with Gasteiger partial charge in [-0.1, -0.05) is 36.8 Å². The van der Waals surface area contributed by atoms with Crippen LogP contribution < -0.4 is 0 Å². The first-order chi connectivity index (χ1) is 8.46. The number of carbonyl (C=O) groups excluding carboxylic acids is 1. The first-order valence-corrected chi connectivity index (χ1v) is 5.99. The Morgan fingerprint density at radius 1 is 1.39 bits per heavy atom. The fraction of sp³-hybridized carbons (Fsp3) is 0.429. The molecule has 4 heteroatoms. The summed E-state index contributed by atoms with van der Waals surface area (Å²) in [5.74, 6) is -1.02. The maximum atomic E-state index is 11.6. The molecule has 18 heavy (non-hydrogen) atoms. The summed E-state index contributed by atoms with van der Waals surface area (Å²) in [5.41, 5.74) is 0.353. The van der Waals surface area contributed by atoms with Crippen LogP contribution in [0.15, 0.2) is 24.3 Å². The highest BCUT2D eigenvalue weighted by molar-refractivity contribution is 5.82. The number of hydrogen-bond acceptors (Lipinski definition) is 2. The number of amides is 1. The summed E-state index contributed by atoms with van der Waals surface area (Å²) in [4.78, 5) is 24.1. The van der Waals surface area contributed by atoms with Crippen LogP contribution in [0.4, 0.5) is 0 Å². The largest absolute Gasteiger partial charge is 0.479 e. The molecule has 0 aliphatic carbocycles. The predicted octanol–water partition coefficient (Wildman–Crippen LogP) is 2.16. The van der Waals surface area contributed by atoms with E-state index in [2.05, 4.69) is 0 Å². The second-order valence-corrected chi connectivity index (χ2v) is 4.54. The second-order valence-electron chi connectivity index (χ2n) is 4.54. The quantitative estimate of drug-likeness (QED) is 0.786. The average Bonchev–Trinajstić information content (AvgIpc) is 2.35. The number of hydrogen-bond donors (Lipinski definition) is 1. The van der Waals surface area contributed by atoms with Crippen molar-refractivity contribution in [2.75, 3.05) is 6.54 Å². The zero-order valence-electron chi connectivity index (χ0n) is 11.0. The molecule has 0 aliphatic rings. The molecule has 0 fully saturated rings. The van der Waals surface area contributed by atoms with Crippen molar-refractivity contribution in [1.82, 2.24) is 4.90 Å². The minimum atomic E-state index is -1.31. The van der Waals surface area contributed by atoms with Gasteiger partial charge >= 0.3 is 5.97 Å². The lowest BCUT2D eigenvalue weighted by atomic mass is 9.89. The van der Waals surface area contributed by atoms with Crippen molar-refractivity contribution in [3.63, 3.8) is 0 Å². The molecule has 0 spiro atoms. The molecule has 1 atom stereocenters. The van der Waals surface area contributed by atoms with Crippen molar-refractivity contribution < 1.29 is 14.7 Å². The Balaban J connectivity index is 3.25. The minimum absolute atomic E-state index is 0.417.